The maximum Gasteiger partial charge on any atom is 0.123 e. The number of hydrogen-bond acceptors (Lipinski definition) is 2. The molecule has 2 heteroatoms. The molecule has 0 bridgehead atoms. The summed E-state index contributed by atoms with van der Waals surface area (Å²) in [7, 11) is 0. The Kier molecular flexibility index (Phi) is 3.47. The van der Waals surface area contributed by atoms with Gasteiger partial charge in [-0.3, -0.25) is 0 Å². The van der Waals surface area contributed by atoms with Crippen LogP contribution in [0.15, 0.2) is 61.7 Å². The summed E-state index contributed by atoms with van der Waals surface area (Å²) in [6, 6.07) is 6.56. The summed E-state index contributed by atoms with van der Waals surface area (Å²) in [6.07, 6.45) is 4.38. The first-order valence-electron chi connectivity index (χ1n) is 7.35. The minimum Gasteiger partial charge on any atom is -0.508 e. The predicted octanol–water partition coefficient (Wildman–Crippen LogP) is 4.22. The van der Waals surface area contributed by atoms with Crippen LogP contribution in [0.25, 0.3) is 11.1 Å². The second-order valence-corrected chi connectivity index (χ2v) is 4.52. The summed E-state index contributed by atoms with van der Waals surface area (Å²) < 4.78 is 15.7. The largest absolute Gasteiger partial charge is 0.508 e. The molecule has 0 aromatic heterocycles. The Morgan fingerprint density at radius 1 is 1.00 bits per heavy atom. The normalized spacial score (nSPS) is 11.6. The van der Waals surface area contributed by atoms with Crippen molar-refractivity contribution in [2.45, 2.75) is 12.8 Å². The van der Waals surface area contributed by atoms with Crippen molar-refractivity contribution in [3.8, 4) is 22.6 Å². The Bertz CT molecular complexity index is 736. The molecule has 0 aliphatic carbocycles. The maximum absolute atomic E-state index is 10.2. The Morgan fingerprint density at radius 3 is 2.40 bits per heavy atom. The highest BCUT2D eigenvalue weighted by Gasteiger charge is 2.08. The van der Waals surface area contributed by atoms with E-state index in [1.807, 2.05) is 0 Å². The van der Waals surface area contributed by atoms with Crippen LogP contribution in [0.4, 0.5) is 0 Å². The number of aromatic hydroxyl groups is 2. The van der Waals surface area contributed by atoms with Gasteiger partial charge in [-0.25, -0.2) is 0 Å². The molecule has 2 aromatic rings. The third kappa shape index (κ3) is 2.91. The lowest BCUT2D eigenvalue weighted by atomic mass is 9.97. The lowest BCUT2D eigenvalue weighted by Crippen LogP contribution is -1.88. The second kappa shape index (κ2) is 6.11. The highest BCUT2D eigenvalue weighted by atomic mass is 16.3. The molecule has 0 saturated heterocycles. The van der Waals surface area contributed by atoms with Gasteiger partial charge in [-0.05, 0) is 53.7 Å². The first kappa shape index (κ1) is 11.4. The minimum absolute atomic E-state index is 0.0191. The van der Waals surface area contributed by atoms with E-state index in [0.717, 1.165) is 5.56 Å². The molecule has 2 N–H and O–H groups in total. The van der Waals surface area contributed by atoms with Crippen LogP contribution in [-0.2, 0) is 12.8 Å². The summed E-state index contributed by atoms with van der Waals surface area (Å²) in [5, 5.41) is 20.1. The topological polar surface area (TPSA) is 40.5 Å². The standard InChI is InChI=1S/C18H18O2/c1-3-5-13-7-9-18(20)16(11-13)14-8-10-17(19)15(12-14)6-4-2/h3-4,7-12,19-20H,1-2,5-6H2/i9D,10D. The minimum atomic E-state index is -0.137. The number of rotatable bonds is 5. The smallest absolute Gasteiger partial charge is 0.123 e. The van der Waals surface area contributed by atoms with Gasteiger partial charge in [0.05, 0.1) is 2.74 Å². The van der Waals surface area contributed by atoms with Gasteiger partial charge in [0.25, 0.3) is 0 Å². The molecule has 0 aliphatic heterocycles. The van der Waals surface area contributed by atoms with Crippen LogP contribution in [0.3, 0.4) is 0 Å². The number of allylic oxidation sites excluding steroid dienone is 2. The fourth-order valence-corrected chi connectivity index (χ4v) is 2.04. The van der Waals surface area contributed by atoms with E-state index in [1.54, 1.807) is 30.4 Å². The van der Waals surface area contributed by atoms with Crippen molar-refractivity contribution in [3.05, 3.63) is 72.8 Å². The van der Waals surface area contributed by atoms with Crippen LogP contribution < -0.4 is 0 Å². The van der Waals surface area contributed by atoms with Crippen molar-refractivity contribution in [1.29, 1.82) is 0 Å². The zero-order valence-corrected chi connectivity index (χ0v) is 11.2. The van der Waals surface area contributed by atoms with Gasteiger partial charge in [0.2, 0.25) is 0 Å². The van der Waals surface area contributed by atoms with Crippen LogP contribution in [0.2, 0.25) is 0 Å². The van der Waals surface area contributed by atoms with E-state index in [0.29, 0.717) is 29.5 Å². The number of hydrogen-bond donors (Lipinski definition) is 2. The van der Waals surface area contributed by atoms with E-state index in [1.165, 1.54) is 6.07 Å². The summed E-state index contributed by atoms with van der Waals surface area (Å²) in [5.41, 5.74) is 2.50. The van der Waals surface area contributed by atoms with Crippen molar-refractivity contribution in [1.82, 2.24) is 0 Å². The van der Waals surface area contributed by atoms with Gasteiger partial charge < -0.3 is 10.2 Å². The SMILES string of the molecule is [2H]c1cc(-c2cc(CC=C)cc([2H])c2O)cc(CC=C)c1O. The Labute approximate surface area is 122 Å². The molecule has 0 amide bonds. The molecule has 0 atom stereocenters. The van der Waals surface area contributed by atoms with E-state index in [4.69, 9.17) is 2.74 Å². The maximum atomic E-state index is 10.2. The van der Waals surface area contributed by atoms with Gasteiger partial charge in [0, 0.05) is 5.56 Å². The van der Waals surface area contributed by atoms with E-state index < -0.39 is 0 Å². The molecular formula is C18H18O2. The van der Waals surface area contributed by atoms with Crippen molar-refractivity contribution in [2.75, 3.05) is 0 Å². The first-order valence-corrected chi connectivity index (χ1v) is 6.35. The van der Waals surface area contributed by atoms with Crippen molar-refractivity contribution in [2.24, 2.45) is 0 Å². The van der Waals surface area contributed by atoms with Gasteiger partial charge in [-0.2, -0.15) is 0 Å². The zero-order chi connectivity index (χ0) is 16.3. The van der Waals surface area contributed by atoms with Gasteiger partial charge in [-0.1, -0.05) is 24.3 Å². The molecule has 0 aliphatic rings. The summed E-state index contributed by atoms with van der Waals surface area (Å²) in [4.78, 5) is 0. The molecule has 2 aromatic carbocycles. The van der Waals surface area contributed by atoms with Crippen molar-refractivity contribution in [3.63, 3.8) is 0 Å². The predicted molar refractivity (Wildman–Crippen MR) is 83.0 cm³/mol. The van der Waals surface area contributed by atoms with Gasteiger partial charge >= 0.3 is 0 Å². The summed E-state index contributed by atoms with van der Waals surface area (Å²) in [6.45, 7) is 7.31. The molecule has 2 nitrogen and oxygen atoms in total. The Morgan fingerprint density at radius 2 is 1.70 bits per heavy atom. The van der Waals surface area contributed by atoms with E-state index in [2.05, 4.69) is 13.2 Å². The van der Waals surface area contributed by atoms with Crippen LogP contribution in [-0.4, -0.2) is 10.2 Å². The average Bonchev–Trinajstić information content (AvgIpc) is 2.48. The molecule has 20 heavy (non-hydrogen) atoms. The number of benzene rings is 2. The molecule has 0 saturated carbocycles. The highest BCUT2D eigenvalue weighted by molar-refractivity contribution is 5.72. The van der Waals surface area contributed by atoms with Crippen LogP contribution >= 0.6 is 0 Å². The summed E-state index contributed by atoms with van der Waals surface area (Å²) >= 11 is 0. The lowest BCUT2D eigenvalue weighted by molar-refractivity contribution is 0.469. The molecule has 102 valence electrons. The number of phenolic OH excluding ortho intramolecular Hbond substituents is 2. The van der Waals surface area contributed by atoms with E-state index in [-0.39, 0.29) is 23.6 Å². The quantitative estimate of drug-likeness (QED) is 0.797. The van der Waals surface area contributed by atoms with Crippen LogP contribution in [0, 0.1) is 0 Å². The third-order valence-electron chi connectivity index (χ3n) is 3.03. The second-order valence-electron chi connectivity index (χ2n) is 4.52. The van der Waals surface area contributed by atoms with E-state index >= 15 is 0 Å². The first-order chi connectivity index (χ1) is 10.5. The van der Waals surface area contributed by atoms with Crippen molar-refractivity contribution >= 4 is 0 Å². The van der Waals surface area contributed by atoms with Crippen LogP contribution in [0.5, 0.6) is 11.5 Å². The molecular weight excluding hydrogens is 248 g/mol. The van der Waals surface area contributed by atoms with Crippen LogP contribution in [0.1, 0.15) is 13.9 Å². The van der Waals surface area contributed by atoms with Gasteiger partial charge in [-0.15, -0.1) is 13.2 Å². The fourth-order valence-electron chi connectivity index (χ4n) is 2.04. The van der Waals surface area contributed by atoms with E-state index in [9.17, 15) is 10.2 Å². The monoisotopic (exact) mass is 268 g/mol. The van der Waals surface area contributed by atoms with Gasteiger partial charge in [0.15, 0.2) is 0 Å². The van der Waals surface area contributed by atoms with Gasteiger partial charge in [0.1, 0.15) is 11.5 Å². The number of phenols is 2. The lowest BCUT2D eigenvalue weighted by Gasteiger charge is -2.10. The molecule has 2 rings (SSSR count). The summed E-state index contributed by atoms with van der Waals surface area (Å²) in [5.74, 6) is -0.223. The van der Waals surface area contributed by atoms with Crippen molar-refractivity contribution < 1.29 is 13.0 Å². The third-order valence-corrected chi connectivity index (χ3v) is 3.03. The zero-order valence-electron chi connectivity index (χ0n) is 13.2. The molecule has 0 fully saturated rings. The molecule has 0 radical (unpaired) electrons. The highest BCUT2D eigenvalue weighted by Crippen LogP contribution is 2.33. The fraction of sp³-hybridized carbons (Fsp3) is 0.111. The molecule has 0 unspecified atom stereocenters. The average molecular weight is 268 g/mol. The molecule has 0 spiro atoms. The molecule has 0 heterocycles. The Balaban J connectivity index is 2.65. The Hall–Kier alpha value is -2.48.